The number of benzene rings is 1. The third kappa shape index (κ3) is 11.9. The Hall–Kier alpha value is -3.39. The van der Waals surface area contributed by atoms with E-state index in [-0.39, 0.29) is 5.97 Å². The van der Waals surface area contributed by atoms with E-state index in [1.165, 1.54) is 38.5 Å². The molecule has 0 spiro atoms. The first-order valence-corrected chi connectivity index (χ1v) is 15.0. The molecule has 0 bridgehead atoms. The number of carbonyl (C=O) groups excluding carboxylic acids is 1. The highest BCUT2D eigenvalue weighted by Crippen LogP contribution is 2.24. The average Bonchev–Trinajstić information content (AvgIpc) is 2.96. The summed E-state index contributed by atoms with van der Waals surface area (Å²) in [4.78, 5) is 28.6. The minimum atomic E-state index is -0.397. The summed E-state index contributed by atoms with van der Waals surface area (Å²) in [6.45, 7) is 6.48. The first-order chi connectivity index (χ1) is 20.0. The highest BCUT2D eigenvalue weighted by molar-refractivity contribution is 5.81. The molecule has 2 heterocycles. The van der Waals surface area contributed by atoms with Crippen molar-refractivity contribution in [2.24, 2.45) is 5.92 Å². The second-order valence-electron chi connectivity index (χ2n) is 10.9. The lowest BCUT2D eigenvalue weighted by atomic mass is 10.1. The number of nitrogens with zero attached hydrogens (tertiary/aromatic N) is 1. The lowest BCUT2D eigenvalue weighted by molar-refractivity contribution is -0.142. The number of aromatic nitrogens is 1. The predicted molar refractivity (Wildman–Crippen MR) is 163 cm³/mol. The zero-order chi connectivity index (χ0) is 29.3. The largest absolute Gasteiger partial charge is 0.497 e. The first-order valence-electron chi connectivity index (χ1n) is 15.0. The number of pyridine rings is 1. The average molecular weight is 567 g/mol. The maximum absolute atomic E-state index is 12.6. The van der Waals surface area contributed by atoms with Gasteiger partial charge in [0.05, 0.1) is 32.4 Å². The zero-order valence-electron chi connectivity index (χ0n) is 24.9. The topological polar surface area (TPSA) is 99.9 Å². The highest BCUT2D eigenvalue weighted by atomic mass is 16.5. The molecule has 0 aliphatic rings. The van der Waals surface area contributed by atoms with Gasteiger partial charge in [-0.1, -0.05) is 77.3 Å². The summed E-state index contributed by atoms with van der Waals surface area (Å²) in [5, 5.41) is 3.85. The molecule has 1 N–H and O–H groups in total. The van der Waals surface area contributed by atoms with Crippen LogP contribution in [0.2, 0.25) is 0 Å². The van der Waals surface area contributed by atoms with Gasteiger partial charge in [0, 0.05) is 17.6 Å². The third-order valence-corrected chi connectivity index (χ3v) is 6.87. The van der Waals surface area contributed by atoms with Crippen LogP contribution in [0, 0.1) is 5.92 Å². The van der Waals surface area contributed by atoms with Gasteiger partial charge in [-0.25, -0.2) is 9.78 Å². The van der Waals surface area contributed by atoms with E-state index in [2.05, 4.69) is 24.1 Å². The summed E-state index contributed by atoms with van der Waals surface area (Å²) < 4.78 is 21.8. The number of rotatable bonds is 20. The van der Waals surface area contributed by atoms with Gasteiger partial charge >= 0.3 is 11.6 Å². The van der Waals surface area contributed by atoms with E-state index in [1.54, 1.807) is 25.4 Å². The predicted octanol–water partition coefficient (Wildman–Crippen LogP) is 6.93. The molecule has 0 saturated carbocycles. The van der Waals surface area contributed by atoms with Crippen molar-refractivity contribution in [1.29, 1.82) is 0 Å². The summed E-state index contributed by atoms with van der Waals surface area (Å²) >= 11 is 0. The normalized spacial score (nSPS) is 11.2. The van der Waals surface area contributed by atoms with Gasteiger partial charge in [0.1, 0.15) is 11.3 Å². The number of methoxy groups -OCH3 is 1. The quantitative estimate of drug-likeness (QED) is 0.116. The Balaban J connectivity index is 1.21. The summed E-state index contributed by atoms with van der Waals surface area (Å²) in [6.07, 6.45) is 13.2. The second kappa shape index (κ2) is 18.1. The standard InChI is InChI=1S/C33H46N2O6/c1-25(2)22-34-24-32(36)40-19-13-11-9-7-5-4-6-8-10-12-18-39-31-21-30-27(23-35-31)20-29(33(37)41-30)26-14-16-28(38-3)17-15-26/h14-17,20-21,23,25,34H,4-13,18-19,22,24H2,1-3H3. The van der Waals surface area contributed by atoms with E-state index in [4.69, 9.17) is 18.6 Å². The molecule has 1 aromatic carbocycles. The van der Waals surface area contributed by atoms with Gasteiger partial charge in [0.15, 0.2) is 0 Å². The van der Waals surface area contributed by atoms with Crippen molar-refractivity contribution in [3.63, 3.8) is 0 Å². The first kappa shape index (κ1) is 32.1. The number of nitrogens with one attached hydrogen (secondary N) is 1. The fourth-order valence-electron chi connectivity index (χ4n) is 4.54. The van der Waals surface area contributed by atoms with Crippen LogP contribution in [0.4, 0.5) is 0 Å². The third-order valence-electron chi connectivity index (χ3n) is 6.87. The van der Waals surface area contributed by atoms with Crippen molar-refractivity contribution in [2.75, 3.05) is 33.4 Å². The SMILES string of the molecule is COc1ccc(-c2cc3cnc(OCCCCCCCCCCCCOC(=O)CNCC(C)C)cc3oc2=O)cc1. The fraction of sp³-hybridized carbons (Fsp3) is 0.545. The van der Waals surface area contributed by atoms with Crippen LogP contribution in [0.25, 0.3) is 22.1 Å². The molecule has 0 saturated heterocycles. The van der Waals surface area contributed by atoms with Crippen molar-refractivity contribution in [3.05, 3.63) is 53.0 Å². The van der Waals surface area contributed by atoms with Crippen LogP contribution < -0.4 is 20.4 Å². The van der Waals surface area contributed by atoms with Gasteiger partial charge in [-0.3, -0.25) is 4.79 Å². The Morgan fingerprint density at radius 1 is 0.902 bits per heavy atom. The van der Waals surface area contributed by atoms with E-state index in [9.17, 15) is 9.59 Å². The Morgan fingerprint density at radius 3 is 2.17 bits per heavy atom. The van der Waals surface area contributed by atoms with Gasteiger partial charge in [0.25, 0.3) is 0 Å². The molecule has 0 radical (unpaired) electrons. The molecule has 2 aromatic heterocycles. The molecule has 3 aromatic rings. The molecule has 0 unspecified atom stereocenters. The molecule has 0 fully saturated rings. The number of hydrogen-bond donors (Lipinski definition) is 1. The molecule has 0 aliphatic carbocycles. The molecule has 0 amide bonds. The molecular formula is C33H46N2O6. The van der Waals surface area contributed by atoms with Gasteiger partial charge in [-0.15, -0.1) is 0 Å². The number of esters is 1. The molecular weight excluding hydrogens is 520 g/mol. The van der Waals surface area contributed by atoms with Crippen LogP contribution in [0.15, 0.2) is 51.8 Å². The van der Waals surface area contributed by atoms with E-state index < -0.39 is 5.63 Å². The molecule has 3 rings (SSSR count). The van der Waals surface area contributed by atoms with Gasteiger partial charge in [-0.2, -0.15) is 0 Å². The molecule has 8 heteroatoms. The maximum Gasteiger partial charge on any atom is 0.344 e. The van der Waals surface area contributed by atoms with Crippen molar-refractivity contribution >= 4 is 16.9 Å². The van der Waals surface area contributed by atoms with Crippen LogP contribution in [-0.4, -0.2) is 44.4 Å². The van der Waals surface area contributed by atoms with Crippen molar-refractivity contribution in [2.45, 2.75) is 78.1 Å². The summed E-state index contributed by atoms with van der Waals surface area (Å²) in [5.41, 5.74) is 1.32. The van der Waals surface area contributed by atoms with E-state index in [0.29, 0.717) is 42.7 Å². The molecule has 224 valence electrons. The molecule has 0 aliphatic heterocycles. The lowest BCUT2D eigenvalue weighted by Crippen LogP contribution is -2.28. The Bertz CT molecular complexity index is 1240. The van der Waals surface area contributed by atoms with Gasteiger partial charge < -0.3 is 23.9 Å². The van der Waals surface area contributed by atoms with E-state index >= 15 is 0 Å². The van der Waals surface area contributed by atoms with E-state index in [1.807, 2.05) is 24.3 Å². The number of unbranched alkanes of at least 4 members (excludes halogenated alkanes) is 9. The van der Waals surface area contributed by atoms with Gasteiger partial charge in [0.2, 0.25) is 5.88 Å². The molecule has 8 nitrogen and oxygen atoms in total. The van der Waals surface area contributed by atoms with Crippen LogP contribution in [0.1, 0.15) is 78.1 Å². The fourth-order valence-corrected chi connectivity index (χ4v) is 4.54. The monoisotopic (exact) mass is 566 g/mol. The van der Waals surface area contributed by atoms with Crippen LogP contribution >= 0.6 is 0 Å². The Morgan fingerprint density at radius 2 is 1.54 bits per heavy atom. The van der Waals surface area contributed by atoms with Crippen LogP contribution in [-0.2, 0) is 9.53 Å². The van der Waals surface area contributed by atoms with Crippen LogP contribution in [0.3, 0.4) is 0 Å². The second-order valence-corrected chi connectivity index (χ2v) is 10.9. The van der Waals surface area contributed by atoms with E-state index in [0.717, 1.165) is 48.9 Å². The number of carbonyl (C=O) groups is 1. The maximum atomic E-state index is 12.6. The Kier molecular flexibility index (Phi) is 14.2. The minimum Gasteiger partial charge on any atom is -0.497 e. The van der Waals surface area contributed by atoms with Crippen molar-refractivity contribution in [3.8, 4) is 22.8 Å². The number of ether oxygens (including phenoxy) is 3. The van der Waals surface area contributed by atoms with Crippen LogP contribution in [0.5, 0.6) is 11.6 Å². The molecule has 41 heavy (non-hydrogen) atoms. The van der Waals surface area contributed by atoms with Crippen molar-refractivity contribution < 1.29 is 23.4 Å². The summed E-state index contributed by atoms with van der Waals surface area (Å²) in [7, 11) is 1.61. The number of fused-ring (bicyclic) bond motifs is 1. The smallest absolute Gasteiger partial charge is 0.344 e. The Labute approximate surface area is 243 Å². The highest BCUT2D eigenvalue weighted by Gasteiger charge is 2.10. The van der Waals surface area contributed by atoms with Gasteiger partial charge in [-0.05, 0) is 49.1 Å². The summed E-state index contributed by atoms with van der Waals surface area (Å²) in [6, 6.07) is 10.8. The zero-order valence-corrected chi connectivity index (χ0v) is 24.9. The number of hydrogen-bond acceptors (Lipinski definition) is 8. The van der Waals surface area contributed by atoms with Crippen molar-refractivity contribution in [1.82, 2.24) is 10.3 Å². The lowest BCUT2D eigenvalue weighted by Gasteiger charge is -2.08. The minimum absolute atomic E-state index is 0.155. The molecule has 0 atom stereocenters. The summed E-state index contributed by atoms with van der Waals surface area (Å²) in [5.74, 6) is 1.58.